The molecule has 0 amide bonds. The fourth-order valence-electron chi connectivity index (χ4n) is 3.63. The van der Waals surface area contributed by atoms with Crippen molar-refractivity contribution in [1.82, 2.24) is 4.90 Å². The van der Waals surface area contributed by atoms with Crippen LogP contribution in [0.3, 0.4) is 0 Å². The van der Waals surface area contributed by atoms with Crippen molar-refractivity contribution in [3.63, 3.8) is 0 Å². The van der Waals surface area contributed by atoms with Crippen molar-refractivity contribution < 1.29 is 19.0 Å². The van der Waals surface area contributed by atoms with E-state index >= 15 is 0 Å². The van der Waals surface area contributed by atoms with Crippen LogP contribution in [-0.2, 0) is 16.0 Å². The molecule has 2 aliphatic rings. The second-order valence-corrected chi connectivity index (χ2v) is 6.43. The molecule has 2 saturated heterocycles. The fraction of sp³-hybridized carbons (Fsp3) is 0.588. The van der Waals surface area contributed by atoms with Crippen LogP contribution in [-0.4, -0.2) is 47.3 Å². The molecule has 2 heterocycles. The molecule has 5 heteroatoms. The van der Waals surface area contributed by atoms with Gasteiger partial charge in [0.25, 0.3) is 0 Å². The second kappa shape index (κ2) is 6.34. The lowest BCUT2D eigenvalue weighted by Crippen LogP contribution is -2.44. The van der Waals surface area contributed by atoms with Crippen molar-refractivity contribution in [1.29, 1.82) is 0 Å². The second-order valence-electron chi connectivity index (χ2n) is 6.43. The van der Waals surface area contributed by atoms with Crippen molar-refractivity contribution in [3.8, 4) is 0 Å². The first kappa shape index (κ1) is 15.4. The number of piperidine rings is 1. The number of carbonyl (C=O) groups excluding carboxylic acids is 1. The smallest absolute Gasteiger partial charge is 0.335 e. The average molecular weight is 307 g/mol. The molecule has 0 radical (unpaired) electrons. The summed E-state index contributed by atoms with van der Waals surface area (Å²) in [6, 6.07) is 6.77. The summed E-state index contributed by atoms with van der Waals surface area (Å²) in [6.45, 7) is 0. The van der Waals surface area contributed by atoms with E-state index in [1.54, 1.807) is 12.1 Å². The van der Waals surface area contributed by atoms with Gasteiger partial charge in [-0.15, -0.1) is 0 Å². The first-order valence-electron chi connectivity index (χ1n) is 7.88. The number of aliphatic hydroxyl groups excluding tert-OH is 1. The maximum atomic E-state index is 12.8. The number of carbonyl (C=O) groups is 1. The number of aliphatic hydroxyl groups is 1. The molecule has 2 aliphatic heterocycles. The Bertz CT molecular complexity index is 519. The van der Waals surface area contributed by atoms with Gasteiger partial charge in [0.1, 0.15) is 11.9 Å². The number of benzene rings is 1. The normalized spacial score (nSPS) is 29.3. The molecule has 2 bridgehead atoms. The zero-order valence-corrected chi connectivity index (χ0v) is 12.7. The van der Waals surface area contributed by atoms with Gasteiger partial charge < -0.3 is 14.7 Å². The summed E-state index contributed by atoms with van der Waals surface area (Å²) in [5.41, 5.74) is 0.717. The Labute approximate surface area is 129 Å². The summed E-state index contributed by atoms with van der Waals surface area (Å²) in [7, 11) is 2.13. The van der Waals surface area contributed by atoms with E-state index in [1.807, 2.05) is 0 Å². The van der Waals surface area contributed by atoms with Gasteiger partial charge in [-0.3, -0.25) is 0 Å². The van der Waals surface area contributed by atoms with Crippen molar-refractivity contribution in [2.24, 2.45) is 0 Å². The third-order valence-electron chi connectivity index (χ3n) is 4.95. The Balaban J connectivity index is 1.52. The van der Waals surface area contributed by atoms with E-state index < -0.39 is 12.1 Å². The number of ether oxygens (including phenoxy) is 1. The van der Waals surface area contributed by atoms with Crippen LogP contribution in [0.25, 0.3) is 0 Å². The van der Waals surface area contributed by atoms with Crippen LogP contribution in [0.2, 0.25) is 0 Å². The molecule has 4 nitrogen and oxygen atoms in total. The van der Waals surface area contributed by atoms with Crippen LogP contribution in [0.15, 0.2) is 24.3 Å². The Morgan fingerprint density at radius 3 is 2.50 bits per heavy atom. The lowest BCUT2D eigenvalue weighted by molar-refractivity contribution is -0.162. The highest BCUT2D eigenvalue weighted by molar-refractivity contribution is 5.75. The fourth-order valence-corrected chi connectivity index (χ4v) is 3.63. The Hall–Kier alpha value is -1.46. The van der Waals surface area contributed by atoms with E-state index in [9.17, 15) is 14.3 Å². The molecule has 120 valence electrons. The average Bonchev–Trinajstić information content (AvgIpc) is 2.72. The number of rotatable bonds is 4. The van der Waals surface area contributed by atoms with E-state index in [4.69, 9.17) is 4.74 Å². The molecule has 3 rings (SSSR count). The molecule has 0 spiro atoms. The molecule has 1 N–H and O–H groups in total. The van der Waals surface area contributed by atoms with Crippen LogP contribution in [0.1, 0.15) is 31.2 Å². The molecule has 2 unspecified atom stereocenters. The van der Waals surface area contributed by atoms with E-state index in [0.29, 0.717) is 17.6 Å². The summed E-state index contributed by atoms with van der Waals surface area (Å²) >= 11 is 0. The molecule has 22 heavy (non-hydrogen) atoms. The van der Waals surface area contributed by atoms with E-state index in [1.165, 1.54) is 12.1 Å². The van der Waals surface area contributed by atoms with Crippen molar-refractivity contribution in [2.45, 2.75) is 56.4 Å². The van der Waals surface area contributed by atoms with Gasteiger partial charge in [0.15, 0.2) is 6.10 Å². The van der Waals surface area contributed by atoms with Crippen molar-refractivity contribution in [3.05, 3.63) is 35.6 Å². The third kappa shape index (κ3) is 3.31. The van der Waals surface area contributed by atoms with Gasteiger partial charge >= 0.3 is 5.97 Å². The predicted molar refractivity (Wildman–Crippen MR) is 79.8 cm³/mol. The number of halogens is 1. The predicted octanol–water partition coefficient (Wildman–Crippen LogP) is 1.90. The van der Waals surface area contributed by atoms with Gasteiger partial charge in [0.2, 0.25) is 0 Å². The van der Waals surface area contributed by atoms with E-state index in [0.717, 1.165) is 25.7 Å². The highest BCUT2D eigenvalue weighted by Crippen LogP contribution is 2.35. The van der Waals surface area contributed by atoms with Crippen LogP contribution in [0, 0.1) is 5.82 Å². The van der Waals surface area contributed by atoms with Gasteiger partial charge in [0.05, 0.1) is 0 Å². The van der Waals surface area contributed by atoms with E-state index in [-0.39, 0.29) is 18.3 Å². The number of hydrogen-bond donors (Lipinski definition) is 1. The zero-order chi connectivity index (χ0) is 15.7. The van der Waals surface area contributed by atoms with Gasteiger partial charge in [-0.1, -0.05) is 12.1 Å². The standard InChI is InChI=1S/C17H22FNO3/c1-19-13-6-7-14(19)10-15(9-13)22-17(21)16(20)8-11-2-4-12(18)5-3-11/h2-5,13-16,20H,6-10H2,1H3/t13-,14+,15?,16?. The van der Waals surface area contributed by atoms with Gasteiger partial charge in [0, 0.05) is 18.5 Å². The van der Waals surface area contributed by atoms with Gasteiger partial charge in [-0.2, -0.15) is 0 Å². The highest BCUT2D eigenvalue weighted by Gasteiger charge is 2.40. The molecular formula is C17H22FNO3. The minimum Gasteiger partial charge on any atom is -0.460 e. The molecule has 1 aromatic carbocycles. The molecule has 2 fully saturated rings. The number of fused-ring (bicyclic) bond motifs is 2. The molecular weight excluding hydrogens is 285 g/mol. The molecule has 1 aromatic rings. The SMILES string of the molecule is CN1[C@@H]2CC[C@H]1CC(OC(=O)C(O)Cc1ccc(F)cc1)C2. The maximum absolute atomic E-state index is 12.8. The Kier molecular flexibility index (Phi) is 4.45. The van der Waals surface area contributed by atoms with E-state index in [2.05, 4.69) is 11.9 Å². The Morgan fingerprint density at radius 2 is 1.91 bits per heavy atom. The van der Waals surface area contributed by atoms with Crippen LogP contribution in [0.5, 0.6) is 0 Å². The Morgan fingerprint density at radius 1 is 1.32 bits per heavy atom. The first-order valence-corrected chi connectivity index (χ1v) is 7.88. The molecule has 4 atom stereocenters. The first-order chi connectivity index (χ1) is 10.5. The summed E-state index contributed by atoms with van der Waals surface area (Å²) in [6.07, 6.45) is 2.88. The lowest BCUT2D eigenvalue weighted by atomic mass is 10.0. The topological polar surface area (TPSA) is 49.8 Å². The molecule has 0 aromatic heterocycles. The minimum atomic E-state index is -1.19. The maximum Gasteiger partial charge on any atom is 0.335 e. The van der Waals surface area contributed by atoms with Gasteiger partial charge in [-0.05, 0) is 50.4 Å². The summed E-state index contributed by atoms with van der Waals surface area (Å²) in [5.74, 6) is -0.902. The van der Waals surface area contributed by atoms with Crippen molar-refractivity contribution >= 4 is 5.97 Å². The largest absolute Gasteiger partial charge is 0.460 e. The molecule has 0 saturated carbocycles. The summed E-state index contributed by atoms with van der Waals surface area (Å²) < 4.78 is 18.3. The van der Waals surface area contributed by atoms with Crippen LogP contribution >= 0.6 is 0 Å². The number of hydrogen-bond acceptors (Lipinski definition) is 4. The van der Waals surface area contributed by atoms with Crippen LogP contribution < -0.4 is 0 Å². The quantitative estimate of drug-likeness (QED) is 0.863. The monoisotopic (exact) mass is 307 g/mol. The van der Waals surface area contributed by atoms with Gasteiger partial charge in [-0.25, -0.2) is 9.18 Å². The highest BCUT2D eigenvalue weighted by atomic mass is 19.1. The number of esters is 1. The molecule has 0 aliphatic carbocycles. The van der Waals surface area contributed by atoms with Crippen LogP contribution in [0.4, 0.5) is 4.39 Å². The third-order valence-corrected chi connectivity index (χ3v) is 4.95. The summed E-state index contributed by atoms with van der Waals surface area (Å²) in [4.78, 5) is 14.4. The number of nitrogens with zero attached hydrogens (tertiary/aromatic N) is 1. The zero-order valence-electron chi connectivity index (χ0n) is 12.7. The lowest BCUT2D eigenvalue weighted by Gasteiger charge is -2.36. The minimum absolute atomic E-state index is 0.0935. The summed E-state index contributed by atoms with van der Waals surface area (Å²) in [5, 5.41) is 9.99. The van der Waals surface area contributed by atoms with Crippen molar-refractivity contribution in [2.75, 3.05) is 7.05 Å².